The first-order valence-electron chi connectivity index (χ1n) is 11.2. The number of halogens is 1. The number of rotatable bonds is 8. The molecule has 34 heavy (non-hydrogen) atoms. The summed E-state index contributed by atoms with van der Waals surface area (Å²) in [6.07, 6.45) is 6.19. The number of nitrogens with one attached hydrogen (secondary N) is 1. The third-order valence-corrected chi connectivity index (χ3v) is 6.15. The highest BCUT2D eigenvalue weighted by Crippen LogP contribution is 2.39. The van der Waals surface area contributed by atoms with Crippen molar-refractivity contribution < 1.29 is 24.0 Å². The summed E-state index contributed by atoms with van der Waals surface area (Å²) < 4.78 is 8.52. The lowest BCUT2D eigenvalue weighted by molar-refractivity contribution is -0.695. The van der Waals surface area contributed by atoms with Crippen molar-refractivity contribution in [2.45, 2.75) is 39.0 Å². The standard InChI is InChI=1S/C26H26BrN3O4/c1-17(2)34-21-10-6-18(7-11-21)23-22(24(31)19-4-8-20(27)9-5-19)25(32)26(33)30(23)14-3-13-29-15-12-28-16-29/h4-12,15-17,23H,3,13-14H2,1-2H3,(H,31,32). The molecule has 8 heteroatoms. The number of ether oxygens (including phenoxy) is 1. The molecule has 3 aromatic rings. The molecule has 0 aliphatic carbocycles. The van der Waals surface area contributed by atoms with E-state index in [9.17, 15) is 14.7 Å². The number of nitrogens with zero attached hydrogens (tertiary/aromatic N) is 2. The summed E-state index contributed by atoms with van der Waals surface area (Å²) in [5.41, 5.74) is 1.05. The molecule has 0 bridgehead atoms. The van der Waals surface area contributed by atoms with Crippen LogP contribution in [0.4, 0.5) is 0 Å². The summed E-state index contributed by atoms with van der Waals surface area (Å²) in [4.78, 5) is 30.6. The second kappa shape index (κ2) is 10.3. The minimum atomic E-state index is -0.750. The van der Waals surface area contributed by atoms with Crippen LogP contribution in [0.1, 0.15) is 37.4 Å². The van der Waals surface area contributed by atoms with Crippen LogP contribution in [0, 0.1) is 0 Å². The first-order valence-corrected chi connectivity index (χ1v) is 12.0. The Labute approximate surface area is 206 Å². The van der Waals surface area contributed by atoms with Gasteiger partial charge in [0.15, 0.2) is 0 Å². The molecule has 176 valence electrons. The molecule has 1 unspecified atom stereocenters. The number of Topliss-reactive ketones (excluding diaryl/α,β-unsaturated/α-hetero) is 1. The maximum Gasteiger partial charge on any atom is 0.295 e. The number of likely N-dealkylation sites (tertiary alicyclic amines) is 1. The number of aromatic amines is 1. The van der Waals surface area contributed by atoms with Crippen molar-refractivity contribution in [3.8, 4) is 5.75 Å². The molecular formula is C26H26BrN3O4. The van der Waals surface area contributed by atoms with Gasteiger partial charge >= 0.3 is 0 Å². The molecule has 1 fully saturated rings. The highest BCUT2D eigenvalue weighted by Gasteiger charge is 2.43. The van der Waals surface area contributed by atoms with E-state index in [-0.39, 0.29) is 11.7 Å². The van der Waals surface area contributed by atoms with Crippen LogP contribution in [0.15, 0.2) is 77.3 Å². The maximum absolute atomic E-state index is 13.4. The van der Waals surface area contributed by atoms with E-state index >= 15 is 0 Å². The summed E-state index contributed by atoms with van der Waals surface area (Å²) in [7, 11) is 0. The molecule has 1 aromatic heterocycles. The highest BCUT2D eigenvalue weighted by molar-refractivity contribution is 9.10. The predicted octanol–water partition coefficient (Wildman–Crippen LogP) is 3.17. The fourth-order valence-electron chi connectivity index (χ4n) is 4.09. The number of H-pyrrole nitrogens is 1. The summed E-state index contributed by atoms with van der Waals surface area (Å²) >= 11 is 3.36. The fraction of sp³-hybridized carbons (Fsp3) is 0.269. The molecule has 0 saturated carbocycles. The van der Waals surface area contributed by atoms with E-state index in [4.69, 9.17) is 4.74 Å². The second-order valence-electron chi connectivity index (χ2n) is 8.42. The summed E-state index contributed by atoms with van der Waals surface area (Å²) in [6, 6.07) is 13.3. The van der Waals surface area contributed by atoms with Gasteiger partial charge in [-0.25, -0.2) is 4.57 Å². The SMILES string of the molecule is CC(C)Oc1ccc(C2C(=C([O-])c3ccc(Br)cc3)C(=O)C(=O)N2CCC[n+]2cc[nH]c2)cc1. The van der Waals surface area contributed by atoms with Crippen LogP contribution in [0.25, 0.3) is 5.76 Å². The van der Waals surface area contributed by atoms with Crippen molar-refractivity contribution in [3.63, 3.8) is 0 Å². The molecule has 1 aliphatic heterocycles. The van der Waals surface area contributed by atoms with Gasteiger partial charge in [0, 0.05) is 23.0 Å². The largest absolute Gasteiger partial charge is 0.872 e. The summed E-state index contributed by atoms with van der Waals surface area (Å²) in [5, 5.41) is 13.4. The van der Waals surface area contributed by atoms with E-state index in [1.807, 2.05) is 49.3 Å². The first-order chi connectivity index (χ1) is 16.3. The number of imidazole rings is 1. The highest BCUT2D eigenvalue weighted by atomic mass is 79.9. The van der Waals surface area contributed by atoms with E-state index in [0.717, 1.165) is 4.47 Å². The molecule has 2 heterocycles. The monoisotopic (exact) mass is 523 g/mol. The van der Waals surface area contributed by atoms with Gasteiger partial charge in [0.2, 0.25) is 12.1 Å². The van der Waals surface area contributed by atoms with Crippen LogP contribution < -0.4 is 14.4 Å². The molecule has 1 saturated heterocycles. The molecule has 1 N–H and O–H groups in total. The number of hydrogen-bond donors (Lipinski definition) is 1. The molecule has 7 nitrogen and oxygen atoms in total. The minimum absolute atomic E-state index is 0.0147. The van der Waals surface area contributed by atoms with Gasteiger partial charge in [-0.3, -0.25) is 14.6 Å². The maximum atomic E-state index is 13.4. The predicted molar refractivity (Wildman–Crippen MR) is 128 cm³/mol. The van der Waals surface area contributed by atoms with Crippen LogP contribution in [0.3, 0.4) is 0 Å². The smallest absolute Gasteiger partial charge is 0.295 e. The Morgan fingerprint density at radius 2 is 1.85 bits per heavy atom. The Balaban J connectivity index is 1.71. The number of hydrogen-bond acceptors (Lipinski definition) is 4. The first kappa shape index (κ1) is 23.8. The molecular weight excluding hydrogens is 498 g/mol. The number of aromatic nitrogens is 2. The summed E-state index contributed by atoms with van der Waals surface area (Å²) in [5.74, 6) is -1.13. The van der Waals surface area contributed by atoms with Crippen molar-refractivity contribution in [2.75, 3.05) is 6.54 Å². The zero-order valence-electron chi connectivity index (χ0n) is 19.0. The van der Waals surface area contributed by atoms with Crippen molar-refractivity contribution in [2.24, 2.45) is 0 Å². The molecule has 0 radical (unpaired) electrons. The van der Waals surface area contributed by atoms with E-state index < -0.39 is 23.5 Å². The topological polar surface area (TPSA) is 89.3 Å². The van der Waals surface area contributed by atoms with Gasteiger partial charge in [0.25, 0.3) is 5.91 Å². The lowest BCUT2D eigenvalue weighted by Crippen LogP contribution is -2.36. The second-order valence-corrected chi connectivity index (χ2v) is 9.33. The number of carbonyl (C=O) groups excluding carboxylic acids is 2. The third-order valence-electron chi connectivity index (χ3n) is 5.62. The number of aryl methyl sites for hydroxylation is 1. The van der Waals surface area contributed by atoms with Gasteiger partial charge in [-0.1, -0.05) is 46.0 Å². The van der Waals surface area contributed by atoms with Crippen molar-refractivity contribution in [3.05, 3.63) is 88.4 Å². The Kier molecular flexibility index (Phi) is 7.17. The number of carbonyl (C=O) groups is 2. The van der Waals surface area contributed by atoms with Crippen LogP contribution in [-0.4, -0.2) is 34.2 Å². The normalized spacial score (nSPS) is 17.5. The third kappa shape index (κ3) is 5.07. The Hall–Kier alpha value is -3.39. The molecule has 1 aliphatic rings. The molecule has 0 spiro atoms. The van der Waals surface area contributed by atoms with Crippen LogP contribution in [0.5, 0.6) is 5.75 Å². The lowest BCUT2D eigenvalue weighted by Gasteiger charge is -2.27. The van der Waals surface area contributed by atoms with E-state index in [2.05, 4.69) is 20.9 Å². The van der Waals surface area contributed by atoms with Crippen LogP contribution >= 0.6 is 15.9 Å². The van der Waals surface area contributed by atoms with Crippen LogP contribution in [0.2, 0.25) is 0 Å². The van der Waals surface area contributed by atoms with Gasteiger partial charge in [-0.2, -0.15) is 0 Å². The molecule has 2 aromatic carbocycles. The Morgan fingerprint density at radius 1 is 1.15 bits per heavy atom. The van der Waals surface area contributed by atoms with Gasteiger partial charge < -0.3 is 14.7 Å². The minimum Gasteiger partial charge on any atom is -0.872 e. The van der Waals surface area contributed by atoms with Gasteiger partial charge in [0.1, 0.15) is 18.1 Å². The molecule has 1 amide bonds. The van der Waals surface area contributed by atoms with Gasteiger partial charge in [-0.05, 0) is 49.2 Å². The van der Waals surface area contributed by atoms with Gasteiger partial charge in [0.05, 0.1) is 18.7 Å². The molecule has 4 rings (SSSR count). The van der Waals surface area contributed by atoms with E-state index in [1.165, 1.54) is 4.90 Å². The number of ketones is 1. The van der Waals surface area contributed by atoms with Crippen molar-refractivity contribution in [1.29, 1.82) is 0 Å². The van der Waals surface area contributed by atoms with Crippen molar-refractivity contribution >= 4 is 33.4 Å². The molecule has 1 atom stereocenters. The average Bonchev–Trinajstić information content (AvgIpc) is 3.42. The number of benzene rings is 2. The Morgan fingerprint density at radius 3 is 2.47 bits per heavy atom. The zero-order chi connectivity index (χ0) is 24.2. The van der Waals surface area contributed by atoms with E-state index in [0.29, 0.717) is 36.4 Å². The van der Waals surface area contributed by atoms with Gasteiger partial charge in [-0.15, -0.1) is 0 Å². The quantitative estimate of drug-likeness (QED) is 0.212. The fourth-order valence-corrected chi connectivity index (χ4v) is 4.35. The summed E-state index contributed by atoms with van der Waals surface area (Å²) in [6.45, 7) is 4.89. The average molecular weight is 524 g/mol. The zero-order valence-corrected chi connectivity index (χ0v) is 20.6. The van der Waals surface area contributed by atoms with Crippen molar-refractivity contribution in [1.82, 2.24) is 9.88 Å². The van der Waals surface area contributed by atoms with Crippen LogP contribution in [-0.2, 0) is 16.1 Å². The number of amides is 1. The Bertz CT molecular complexity index is 1190. The van der Waals surface area contributed by atoms with E-state index in [1.54, 1.807) is 36.4 Å². The lowest BCUT2D eigenvalue weighted by atomic mass is 9.95.